The molecule has 48 valence electrons. The summed E-state index contributed by atoms with van der Waals surface area (Å²) in [6, 6.07) is 0. The zero-order valence-electron chi connectivity index (χ0n) is 5.23. The van der Waals surface area contributed by atoms with Crippen LogP contribution in [0.1, 0.15) is 13.3 Å². The van der Waals surface area contributed by atoms with E-state index in [1.807, 2.05) is 13.2 Å². The Labute approximate surface area is 54.0 Å². The highest BCUT2D eigenvalue weighted by atomic mass is 32.2. The molecule has 0 bridgehead atoms. The first kappa shape index (κ1) is 7.82. The summed E-state index contributed by atoms with van der Waals surface area (Å²) in [6.45, 7) is 1.84. The SMILES string of the molecule is CCC(=O)NCSC. The molecule has 1 N–H and O–H groups in total. The molecule has 0 unspecified atom stereocenters. The average Bonchev–Trinajstić information content (AvgIpc) is 1.83. The van der Waals surface area contributed by atoms with Gasteiger partial charge < -0.3 is 5.32 Å². The van der Waals surface area contributed by atoms with Gasteiger partial charge in [-0.05, 0) is 6.26 Å². The third kappa shape index (κ3) is 3.99. The lowest BCUT2D eigenvalue weighted by molar-refractivity contribution is -0.120. The Balaban J connectivity index is 2.99. The van der Waals surface area contributed by atoms with E-state index in [9.17, 15) is 4.79 Å². The van der Waals surface area contributed by atoms with Gasteiger partial charge in [-0.3, -0.25) is 4.79 Å². The van der Waals surface area contributed by atoms with Gasteiger partial charge in [0.25, 0.3) is 0 Å². The highest BCUT2D eigenvalue weighted by Crippen LogP contribution is 1.85. The summed E-state index contributed by atoms with van der Waals surface area (Å²) < 4.78 is 0. The molecular weight excluding hydrogens is 122 g/mol. The first-order valence-corrected chi connectivity index (χ1v) is 3.96. The van der Waals surface area contributed by atoms with Crippen LogP contribution >= 0.6 is 11.8 Å². The Bertz CT molecular complexity index is 74.8. The van der Waals surface area contributed by atoms with Crippen molar-refractivity contribution >= 4 is 17.7 Å². The molecule has 1 amide bonds. The van der Waals surface area contributed by atoms with Crippen molar-refractivity contribution in [1.29, 1.82) is 0 Å². The third-order valence-corrected chi connectivity index (χ3v) is 1.17. The molecule has 0 aliphatic carbocycles. The van der Waals surface area contributed by atoms with E-state index in [-0.39, 0.29) is 5.91 Å². The van der Waals surface area contributed by atoms with Crippen molar-refractivity contribution in [1.82, 2.24) is 5.32 Å². The molecule has 0 radical (unpaired) electrons. The predicted octanol–water partition coefficient (Wildman–Crippen LogP) is 0.833. The van der Waals surface area contributed by atoms with Crippen LogP contribution in [0.5, 0.6) is 0 Å². The molecule has 0 spiro atoms. The van der Waals surface area contributed by atoms with Gasteiger partial charge in [0.05, 0.1) is 5.88 Å². The van der Waals surface area contributed by atoms with Gasteiger partial charge in [-0.1, -0.05) is 6.92 Å². The maximum atomic E-state index is 10.4. The molecule has 0 fully saturated rings. The van der Waals surface area contributed by atoms with Crippen molar-refractivity contribution < 1.29 is 4.79 Å². The van der Waals surface area contributed by atoms with Crippen molar-refractivity contribution in [2.24, 2.45) is 0 Å². The van der Waals surface area contributed by atoms with Crippen LogP contribution in [0, 0.1) is 0 Å². The predicted molar refractivity (Wildman–Crippen MR) is 36.8 cm³/mol. The highest BCUT2D eigenvalue weighted by Gasteiger charge is 1.90. The van der Waals surface area contributed by atoms with Crippen LogP contribution in [0.25, 0.3) is 0 Å². The maximum absolute atomic E-state index is 10.4. The van der Waals surface area contributed by atoms with E-state index in [0.717, 1.165) is 5.88 Å². The quantitative estimate of drug-likeness (QED) is 0.578. The molecule has 0 heterocycles. The Morgan fingerprint density at radius 2 is 2.38 bits per heavy atom. The summed E-state index contributed by atoms with van der Waals surface area (Å²) in [5.41, 5.74) is 0. The van der Waals surface area contributed by atoms with Crippen LogP contribution in [0.2, 0.25) is 0 Å². The first-order chi connectivity index (χ1) is 3.81. The third-order valence-electron chi connectivity index (χ3n) is 0.735. The summed E-state index contributed by atoms with van der Waals surface area (Å²) in [7, 11) is 0. The van der Waals surface area contributed by atoms with Gasteiger partial charge in [0.15, 0.2) is 0 Å². The van der Waals surface area contributed by atoms with E-state index in [1.54, 1.807) is 11.8 Å². The Morgan fingerprint density at radius 3 is 2.75 bits per heavy atom. The van der Waals surface area contributed by atoms with Crippen LogP contribution < -0.4 is 5.32 Å². The molecule has 0 atom stereocenters. The van der Waals surface area contributed by atoms with E-state index >= 15 is 0 Å². The first-order valence-electron chi connectivity index (χ1n) is 2.57. The smallest absolute Gasteiger partial charge is 0.220 e. The Kier molecular flexibility index (Phi) is 4.85. The normalized spacial score (nSPS) is 8.75. The van der Waals surface area contributed by atoms with Gasteiger partial charge in [-0.25, -0.2) is 0 Å². The molecule has 8 heavy (non-hydrogen) atoms. The second-order valence-corrected chi connectivity index (χ2v) is 2.25. The van der Waals surface area contributed by atoms with Crippen LogP contribution in [0.15, 0.2) is 0 Å². The number of hydrogen-bond donors (Lipinski definition) is 1. The number of hydrogen-bond acceptors (Lipinski definition) is 2. The molecule has 0 rings (SSSR count). The van der Waals surface area contributed by atoms with Crippen molar-refractivity contribution in [2.45, 2.75) is 13.3 Å². The van der Waals surface area contributed by atoms with Crippen molar-refractivity contribution in [3.8, 4) is 0 Å². The fraction of sp³-hybridized carbons (Fsp3) is 0.800. The fourth-order valence-corrected chi connectivity index (χ4v) is 0.583. The summed E-state index contributed by atoms with van der Waals surface area (Å²) in [5.74, 6) is 0.853. The molecule has 0 aromatic heterocycles. The number of carbonyl (C=O) groups is 1. The minimum Gasteiger partial charge on any atom is -0.347 e. The molecule has 0 aromatic rings. The zero-order valence-corrected chi connectivity index (χ0v) is 6.05. The Morgan fingerprint density at radius 1 is 1.75 bits per heavy atom. The van der Waals surface area contributed by atoms with Crippen LogP contribution in [0.3, 0.4) is 0 Å². The van der Waals surface area contributed by atoms with Gasteiger partial charge in [0.1, 0.15) is 0 Å². The van der Waals surface area contributed by atoms with E-state index in [4.69, 9.17) is 0 Å². The Hall–Kier alpha value is -0.180. The minimum absolute atomic E-state index is 0.124. The number of amides is 1. The van der Waals surface area contributed by atoms with Gasteiger partial charge >= 0.3 is 0 Å². The fourth-order valence-electron chi connectivity index (χ4n) is 0.278. The van der Waals surface area contributed by atoms with Crippen LogP contribution in [-0.4, -0.2) is 18.0 Å². The number of thioether (sulfide) groups is 1. The largest absolute Gasteiger partial charge is 0.347 e. The van der Waals surface area contributed by atoms with Gasteiger partial charge in [0, 0.05) is 6.42 Å². The maximum Gasteiger partial charge on any atom is 0.220 e. The molecule has 0 saturated heterocycles. The minimum atomic E-state index is 0.124. The summed E-state index contributed by atoms with van der Waals surface area (Å²) >= 11 is 1.61. The molecular formula is C5H11NOS. The summed E-state index contributed by atoms with van der Waals surface area (Å²) in [5, 5.41) is 2.71. The summed E-state index contributed by atoms with van der Waals surface area (Å²) in [6.07, 6.45) is 2.54. The molecule has 2 nitrogen and oxygen atoms in total. The number of nitrogens with one attached hydrogen (secondary N) is 1. The highest BCUT2D eigenvalue weighted by molar-refractivity contribution is 7.98. The van der Waals surface area contributed by atoms with Gasteiger partial charge in [-0.2, -0.15) is 0 Å². The number of rotatable bonds is 3. The van der Waals surface area contributed by atoms with Gasteiger partial charge in [0.2, 0.25) is 5.91 Å². The van der Waals surface area contributed by atoms with Crippen molar-refractivity contribution in [3.05, 3.63) is 0 Å². The van der Waals surface area contributed by atoms with E-state index < -0.39 is 0 Å². The monoisotopic (exact) mass is 133 g/mol. The molecule has 0 saturated carbocycles. The van der Waals surface area contributed by atoms with E-state index in [0.29, 0.717) is 6.42 Å². The average molecular weight is 133 g/mol. The second kappa shape index (κ2) is 4.97. The topological polar surface area (TPSA) is 29.1 Å². The van der Waals surface area contributed by atoms with Crippen molar-refractivity contribution in [3.63, 3.8) is 0 Å². The number of carbonyl (C=O) groups excluding carboxylic acids is 1. The zero-order chi connectivity index (χ0) is 6.41. The molecule has 0 aliphatic rings. The lowest BCUT2D eigenvalue weighted by Gasteiger charge is -1.96. The van der Waals surface area contributed by atoms with Crippen LogP contribution in [0.4, 0.5) is 0 Å². The second-order valence-electron chi connectivity index (χ2n) is 1.39. The van der Waals surface area contributed by atoms with E-state index in [2.05, 4.69) is 5.32 Å². The van der Waals surface area contributed by atoms with Gasteiger partial charge in [-0.15, -0.1) is 11.8 Å². The summed E-state index contributed by atoms with van der Waals surface area (Å²) in [4.78, 5) is 10.4. The molecule has 0 aliphatic heterocycles. The van der Waals surface area contributed by atoms with Crippen molar-refractivity contribution in [2.75, 3.05) is 12.1 Å². The molecule has 3 heteroatoms. The molecule has 0 aromatic carbocycles. The van der Waals surface area contributed by atoms with E-state index in [1.165, 1.54) is 0 Å². The standard InChI is InChI=1S/C5H11NOS/c1-3-5(7)6-4-8-2/h3-4H2,1-2H3,(H,6,7). The lowest BCUT2D eigenvalue weighted by atomic mass is 10.5. The lowest BCUT2D eigenvalue weighted by Crippen LogP contribution is -2.20. The van der Waals surface area contributed by atoms with Crippen LogP contribution in [-0.2, 0) is 4.79 Å².